The van der Waals surface area contributed by atoms with E-state index in [1.54, 1.807) is 6.07 Å². The summed E-state index contributed by atoms with van der Waals surface area (Å²) in [4.78, 5) is 11.3. The van der Waals surface area contributed by atoms with Gasteiger partial charge >= 0.3 is 0 Å². The van der Waals surface area contributed by atoms with Gasteiger partial charge in [0.2, 0.25) is 0 Å². The first-order chi connectivity index (χ1) is 6.29. The molecule has 13 heavy (non-hydrogen) atoms. The first-order valence-corrected chi connectivity index (χ1v) is 4.01. The van der Waals surface area contributed by atoms with E-state index >= 15 is 0 Å². The highest BCUT2D eigenvalue weighted by molar-refractivity contribution is 7.78. The summed E-state index contributed by atoms with van der Waals surface area (Å²) in [5, 5.41) is 4.40. The van der Waals surface area contributed by atoms with Crippen molar-refractivity contribution in [2.24, 2.45) is 9.98 Å². The Kier molecular flexibility index (Phi) is 3.37. The van der Waals surface area contributed by atoms with Crippen LogP contribution in [0.15, 0.2) is 22.2 Å². The van der Waals surface area contributed by atoms with Crippen molar-refractivity contribution in [2.45, 2.75) is 0 Å². The maximum atomic E-state index is 5.52. The summed E-state index contributed by atoms with van der Waals surface area (Å²) in [6, 6.07) is 1.61. The summed E-state index contributed by atoms with van der Waals surface area (Å²) < 4.78 is 0. The van der Waals surface area contributed by atoms with Gasteiger partial charge in [0, 0.05) is 6.20 Å². The van der Waals surface area contributed by atoms with Crippen LogP contribution in [0.1, 0.15) is 0 Å². The molecule has 0 atom stereocenters. The van der Waals surface area contributed by atoms with Crippen LogP contribution in [-0.2, 0) is 0 Å². The topological polar surface area (TPSA) is 63.6 Å². The highest BCUT2D eigenvalue weighted by Crippen LogP contribution is 2.30. The summed E-state index contributed by atoms with van der Waals surface area (Å²) in [5.74, 6) is 0.240. The molecule has 1 heterocycles. The van der Waals surface area contributed by atoms with E-state index in [1.165, 1.54) is 6.20 Å². The zero-order valence-corrected chi connectivity index (χ0v) is 8.02. The third-order valence-electron chi connectivity index (χ3n) is 1.25. The van der Waals surface area contributed by atoms with Gasteiger partial charge in [-0.05, 0) is 30.5 Å². The van der Waals surface area contributed by atoms with Crippen molar-refractivity contribution in [3.8, 4) is 0 Å². The van der Waals surface area contributed by atoms with E-state index in [0.29, 0.717) is 11.4 Å². The fourth-order valence-corrected chi connectivity index (χ4v) is 0.949. The molecule has 0 spiro atoms. The molecule has 0 saturated heterocycles. The molecule has 0 unspecified atom stereocenters. The van der Waals surface area contributed by atoms with Crippen molar-refractivity contribution in [2.75, 3.05) is 5.73 Å². The minimum Gasteiger partial charge on any atom is -0.382 e. The molecule has 0 aliphatic carbocycles. The van der Waals surface area contributed by atoms with Crippen molar-refractivity contribution in [3.05, 3.63) is 12.3 Å². The smallest absolute Gasteiger partial charge is 0.152 e. The van der Waals surface area contributed by atoms with Crippen LogP contribution in [-0.4, -0.2) is 15.3 Å². The summed E-state index contributed by atoms with van der Waals surface area (Å²) in [6.07, 6.45) is 1.50. The van der Waals surface area contributed by atoms with Crippen LogP contribution in [0.5, 0.6) is 0 Å². The number of nitrogens with two attached hydrogens (primary N) is 1. The van der Waals surface area contributed by atoms with Crippen molar-refractivity contribution < 1.29 is 0 Å². The van der Waals surface area contributed by atoms with Crippen molar-refractivity contribution in [3.63, 3.8) is 0 Å². The Hall–Kier alpha value is -1.45. The maximum absolute atomic E-state index is 5.52. The molecule has 0 radical (unpaired) electrons. The zero-order valence-electron chi connectivity index (χ0n) is 6.39. The number of aliphatic imine (C=N–C) groups is 2. The number of anilines is 1. The van der Waals surface area contributed by atoms with Gasteiger partial charge in [0.05, 0.1) is 10.3 Å². The number of hydrogen-bond acceptors (Lipinski definition) is 6. The second-order valence-corrected chi connectivity index (χ2v) is 2.34. The number of thiocarbonyl (C=S) groups is 2. The molecule has 4 nitrogen and oxygen atoms in total. The van der Waals surface area contributed by atoms with E-state index in [2.05, 4.69) is 49.7 Å². The Labute approximate surface area is 85.2 Å². The van der Waals surface area contributed by atoms with Gasteiger partial charge in [-0.25, -0.2) is 4.98 Å². The third kappa shape index (κ3) is 2.24. The number of hydrogen-bond donors (Lipinski definition) is 1. The number of rotatable bonds is 2. The Morgan fingerprint density at radius 2 is 2.00 bits per heavy atom. The van der Waals surface area contributed by atoms with Crippen molar-refractivity contribution in [1.29, 1.82) is 0 Å². The van der Waals surface area contributed by atoms with Gasteiger partial charge in [-0.1, -0.05) is 0 Å². The molecule has 0 aliphatic heterocycles. The largest absolute Gasteiger partial charge is 0.382 e. The summed E-state index contributed by atoms with van der Waals surface area (Å²) in [6.45, 7) is 0. The zero-order chi connectivity index (χ0) is 9.68. The van der Waals surface area contributed by atoms with Crippen LogP contribution >= 0.6 is 24.4 Å². The second-order valence-electron chi connectivity index (χ2n) is 1.97. The molecule has 1 aromatic rings. The number of nitrogen functional groups attached to an aromatic ring is 1. The normalized spacial score (nSPS) is 8.31. The fraction of sp³-hybridized carbons (Fsp3) is 0. The first kappa shape index (κ1) is 9.64. The number of aromatic nitrogens is 1. The van der Waals surface area contributed by atoms with E-state index in [-0.39, 0.29) is 5.82 Å². The molecular weight excluding hydrogens is 204 g/mol. The first-order valence-electron chi connectivity index (χ1n) is 3.20. The average Bonchev–Trinajstić information content (AvgIpc) is 2.11. The van der Waals surface area contributed by atoms with E-state index < -0.39 is 0 Å². The van der Waals surface area contributed by atoms with Crippen LogP contribution < -0.4 is 5.73 Å². The number of nitrogens with zero attached hydrogens (tertiary/aromatic N) is 3. The Morgan fingerprint density at radius 3 is 2.62 bits per heavy atom. The average molecular weight is 208 g/mol. The van der Waals surface area contributed by atoms with Crippen molar-refractivity contribution >= 4 is 52.0 Å². The lowest BCUT2D eigenvalue weighted by Crippen LogP contribution is -1.89. The number of pyridine rings is 1. The summed E-state index contributed by atoms with van der Waals surface area (Å²) in [7, 11) is 0. The van der Waals surface area contributed by atoms with Gasteiger partial charge in [-0.2, -0.15) is 9.98 Å². The summed E-state index contributed by atoms with van der Waals surface area (Å²) in [5.41, 5.74) is 6.38. The van der Waals surface area contributed by atoms with Crippen LogP contribution in [0, 0.1) is 0 Å². The molecule has 0 saturated carbocycles. The lowest BCUT2D eigenvalue weighted by Gasteiger charge is -1.98. The fourth-order valence-electron chi connectivity index (χ4n) is 0.759. The molecule has 1 aromatic heterocycles. The molecule has 0 aromatic carbocycles. The SMILES string of the molecule is Nc1nccc(N=C=S)c1N=C=S. The van der Waals surface area contributed by atoms with Gasteiger partial charge in [-0.3, -0.25) is 0 Å². The Balaban J connectivity index is 3.41. The Morgan fingerprint density at radius 1 is 1.31 bits per heavy atom. The molecule has 0 aliphatic rings. The van der Waals surface area contributed by atoms with Gasteiger partial charge < -0.3 is 5.73 Å². The number of isothiocyanates is 2. The standard InChI is InChI=1S/C7H4N4S2/c8-7-6(11-4-13)5(10-3-12)1-2-9-7/h1-2H,(H2,8,9). The van der Waals surface area contributed by atoms with E-state index in [1.807, 2.05) is 0 Å². The van der Waals surface area contributed by atoms with E-state index in [4.69, 9.17) is 5.73 Å². The molecule has 64 valence electrons. The molecular formula is C7H4N4S2. The quantitative estimate of drug-likeness (QED) is 0.597. The predicted molar refractivity (Wildman–Crippen MR) is 58.0 cm³/mol. The molecule has 1 rings (SSSR count). The minimum atomic E-state index is 0.240. The third-order valence-corrected chi connectivity index (χ3v) is 1.44. The minimum absolute atomic E-state index is 0.240. The van der Waals surface area contributed by atoms with Gasteiger partial charge in [-0.15, -0.1) is 0 Å². The second kappa shape index (κ2) is 4.54. The van der Waals surface area contributed by atoms with Crippen LogP contribution in [0.2, 0.25) is 0 Å². The van der Waals surface area contributed by atoms with E-state index in [9.17, 15) is 0 Å². The molecule has 0 amide bonds. The van der Waals surface area contributed by atoms with Crippen LogP contribution in [0.25, 0.3) is 0 Å². The van der Waals surface area contributed by atoms with Crippen LogP contribution in [0.3, 0.4) is 0 Å². The monoisotopic (exact) mass is 208 g/mol. The molecule has 2 N–H and O–H groups in total. The highest BCUT2D eigenvalue weighted by atomic mass is 32.1. The maximum Gasteiger partial charge on any atom is 0.152 e. The molecule has 6 heteroatoms. The lowest BCUT2D eigenvalue weighted by molar-refractivity contribution is 1.30. The lowest BCUT2D eigenvalue weighted by atomic mass is 10.3. The highest BCUT2D eigenvalue weighted by Gasteiger charge is 2.03. The van der Waals surface area contributed by atoms with Crippen LogP contribution in [0.4, 0.5) is 17.2 Å². The summed E-state index contributed by atoms with van der Waals surface area (Å²) >= 11 is 8.90. The van der Waals surface area contributed by atoms with E-state index in [0.717, 1.165) is 0 Å². The van der Waals surface area contributed by atoms with Gasteiger partial charge in [0.25, 0.3) is 0 Å². The van der Waals surface area contributed by atoms with Gasteiger partial charge in [0.1, 0.15) is 11.4 Å². The van der Waals surface area contributed by atoms with Gasteiger partial charge in [0.15, 0.2) is 5.82 Å². The Bertz CT molecular complexity index is 417. The molecule has 0 fully saturated rings. The molecule has 0 bridgehead atoms. The predicted octanol–water partition coefficient (Wildman–Crippen LogP) is 2.13. The van der Waals surface area contributed by atoms with Crippen molar-refractivity contribution in [1.82, 2.24) is 4.98 Å².